The van der Waals surface area contributed by atoms with Gasteiger partial charge in [-0.3, -0.25) is 4.79 Å². The second-order valence-electron chi connectivity index (χ2n) is 6.76. The van der Waals surface area contributed by atoms with Crippen LogP contribution < -0.4 is 15.2 Å². The first-order valence-electron chi connectivity index (χ1n) is 10.1. The number of carbonyl (C=O) groups excluding carboxylic acids is 1. The molecule has 28 heavy (non-hydrogen) atoms. The predicted octanol–water partition coefficient (Wildman–Crippen LogP) is 5.70. The van der Waals surface area contributed by atoms with Crippen molar-refractivity contribution in [2.75, 3.05) is 18.9 Å². The van der Waals surface area contributed by atoms with Crippen LogP contribution in [-0.2, 0) is 6.42 Å². The number of hydrogen-bond acceptors (Lipinski definition) is 4. The van der Waals surface area contributed by atoms with Gasteiger partial charge < -0.3 is 15.2 Å². The Morgan fingerprint density at radius 1 is 0.929 bits per heavy atom. The van der Waals surface area contributed by atoms with Gasteiger partial charge in [0.25, 0.3) is 0 Å². The second kappa shape index (κ2) is 11.2. The number of nitrogen functional groups attached to an aromatic ring is 1. The molecule has 0 bridgehead atoms. The highest BCUT2D eigenvalue weighted by molar-refractivity contribution is 6.07. The number of carbonyl (C=O) groups is 1. The molecule has 0 atom stereocenters. The van der Waals surface area contributed by atoms with Gasteiger partial charge >= 0.3 is 0 Å². The van der Waals surface area contributed by atoms with E-state index >= 15 is 0 Å². The van der Waals surface area contributed by atoms with Gasteiger partial charge in [0.15, 0.2) is 5.78 Å². The minimum Gasteiger partial charge on any atom is -0.493 e. The molecule has 4 nitrogen and oxygen atoms in total. The molecule has 2 aromatic carbocycles. The summed E-state index contributed by atoms with van der Waals surface area (Å²) in [5.74, 6) is 1.55. The fourth-order valence-corrected chi connectivity index (χ4v) is 2.81. The molecule has 2 aromatic rings. The van der Waals surface area contributed by atoms with Crippen molar-refractivity contribution in [2.24, 2.45) is 0 Å². The van der Waals surface area contributed by atoms with Gasteiger partial charge in [0, 0.05) is 22.9 Å². The molecular formula is C24H31NO3. The average molecular weight is 382 g/mol. The van der Waals surface area contributed by atoms with Crippen LogP contribution in [0.25, 0.3) is 6.08 Å². The van der Waals surface area contributed by atoms with Crippen molar-refractivity contribution in [1.82, 2.24) is 0 Å². The van der Waals surface area contributed by atoms with E-state index in [0.717, 1.165) is 48.3 Å². The minimum atomic E-state index is -0.0650. The zero-order valence-corrected chi connectivity index (χ0v) is 17.2. The summed E-state index contributed by atoms with van der Waals surface area (Å²) in [5, 5.41) is 0. The fourth-order valence-electron chi connectivity index (χ4n) is 2.81. The molecule has 0 saturated carbocycles. The zero-order valence-electron chi connectivity index (χ0n) is 17.2. The van der Waals surface area contributed by atoms with Crippen LogP contribution in [0.15, 0.2) is 42.5 Å². The molecule has 2 N–H and O–H groups in total. The van der Waals surface area contributed by atoms with E-state index in [9.17, 15) is 4.79 Å². The summed E-state index contributed by atoms with van der Waals surface area (Å²) in [6, 6.07) is 11.0. The maximum Gasteiger partial charge on any atom is 0.185 e. The molecule has 0 aliphatic heterocycles. The molecule has 4 heteroatoms. The molecule has 0 aliphatic rings. The average Bonchev–Trinajstić information content (AvgIpc) is 2.70. The van der Waals surface area contributed by atoms with Gasteiger partial charge in [-0.1, -0.05) is 27.2 Å². The van der Waals surface area contributed by atoms with Crippen LogP contribution in [0, 0.1) is 0 Å². The first kappa shape index (κ1) is 21.5. The highest BCUT2D eigenvalue weighted by Gasteiger charge is 2.11. The Morgan fingerprint density at radius 3 is 2.18 bits per heavy atom. The van der Waals surface area contributed by atoms with Crippen molar-refractivity contribution >= 4 is 17.5 Å². The Hall–Kier alpha value is -2.75. The monoisotopic (exact) mass is 381 g/mol. The molecule has 0 saturated heterocycles. The lowest BCUT2D eigenvalue weighted by molar-refractivity contribution is 0.104. The largest absolute Gasteiger partial charge is 0.493 e. The molecule has 0 aromatic heterocycles. The van der Waals surface area contributed by atoms with Crippen molar-refractivity contribution in [1.29, 1.82) is 0 Å². The van der Waals surface area contributed by atoms with Crippen molar-refractivity contribution in [3.05, 3.63) is 59.2 Å². The van der Waals surface area contributed by atoms with Crippen molar-refractivity contribution in [3.63, 3.8) is 0 Å². The number of allylic oxidation sites excluding steroid dienone is 1. The Morgan fingerprint density at radius 2 is 1.57 bits per heavy atom. The fraction of sp³-hybridized carbons (Fsp3) is 0.375. The number of hydrogen-bond donors (Lipinski definition) is 1. The Bertz CT molecular complexity index is 794. The Balaban J connectivity index is 2.34. The summed E-state index contributed by atoms with van der Waals surface area (Å²) < 4.78 is 11.9. The number of ether oxygens (including phenoxy) is 2. The molecule has 0 aliphatic carbocycles. The van der Waals surface area contributed by atoms with E-state index in [4.69, 9.17) is 15.2 Å². The molecule has 150 valence electrons. The number of rotatable bonds is 11. The van der Waals surface area contributed by atoms with E-state index in [2.05, 4.69) is 26.8 Å². The number of aryl methyl sites for hydroxylation is 1. The lowest BCUT2D eigenvalue weighted by atomic mass is 10.0. The third kappa shape index (κ3) is 6.15. The second-order valence-corrected chi connectivity index (χ2v) is 6.76. The van der Waals surface area contributed by atoms with E-state index < -0.39 is 0 Å². The molecule has 0 spiro atoms. The zero-order chi connectivity index (χ0) is 20.4. The highest BCUT2D eigenvalue weighted by Crippen LogP contribution is 2.32. The van der Waals surface area contributed by atoms with Gasteiger partial charge in [0.1, 0.15) is 11.5 Å². The molecule has 0 unspecified atom stereocenters. The van der Waals surface area contributed by atoms with Crippen LogP contribution >= 0.6 is 0 Å². The summed E-state index contributed by atoms with van der Waals surface area (Å²) >= 11 is 0. The third-order valence-electron chi connectivity index (χ3n) is 4.25. The molecule has 0 amide bonds. The maximum absolute atomic E-state index is 12.5. The Kier molecular flexibility index (Phi) is 8.60. The number of ketones is 1. The van der Waals surface area contributed by atoms with Crippen LogP contribution in [-0.4, -0.2) is 19.0 Å². The minimum absolute atomic E-state index is 0.0650. The van der Waals surface area contributed by atoms with Gasteiger partial charge in [0.05, 0.1) is 13.2 Å². The number of benzene rings is 2. The van der Waals surface area contributed by atoms with E-state index in [1.54, 1.807) is 30.3 Å². The number of anilines is 1. The third-order valence-corrected chi connectivity index (χ3v) is 4.25. The van der Waals surface area contributed by atoms with Crippen LogP contribution in [0.3, 0.4) is 0 Å². The standard InChI is InChI=1S/C24H31NO3/c1-4-7-19-16-20(10-13-22(26)18-8-11-21(25)12-9-18)24(28-15-6-3)17-23(19)27-14-5-2/h8-13,16-17H,4-7,14-15,25H2,1-3H3/b13-10+. The molecule has 2 rings (SSSR count). The SMILES string of the molecule is CCCOc1cc(OCCC)c(CCC)cc1/C=C/C(=O)c1ccc(N)cc1. The quantitative estimate of drug-likeness (QED) is 0.308. The van der Waals surface area contributed by atoms with Crippen molar-refractivity contribution in [2.45, 2.75) is 46.5 Å². The van der Waals surface area contributed by atoms with Gasteiger partial charge in [-0.2, -0.15) is 0 Å². The van der Waals surface area contributed by atoms with Crippen LogP contribution in [0.2, 0.25) is 0 Å². The summed E-state index contributed by atoms with van der Waals surface area (Å²) in [7, 11) is 0. The summed E-state index contributed by atoms with van der Waals surface area (Å²) in [5.41, 5.74) is 8.98. The maximum atomic E-state index is 12.5. The first-order valence-corrected chi connectivity index (χ1v) is 10.1. The van der Waals surface area contributed by atoms with Crippen LogP contribution in [0.1, 0.15) is 61.5 Å². The number of nitrogens with two attached hydrogens (primary N) is 1. The van der Waals surface area contributed by atoms with Crippen molar-refractivity contribution < 1.29 is 14.3 Å². The molecule has 0 fully saturated rings. The van der Waals surface area contributed by atoms with Gasteiger partial charge in [-0.15, -0.1) is 0 Å². The smallest absolute Gasteiger partial charge is 0.185 e. The lowest BCUT2D eigenvalue weighted by Gasteiger charge is -2.16. The summed E-state index contributed by atoms with van der Waals surface area (Å²) in [6.07, 6.45) is 7.21. The summed E-state index contributed by atoms with van der Waals surface area (Å²) in [6.45, 7) is 7.60. The molecule has 0 heterocycles. The highest BCUT2D eigenvalue weighted by atomic mass is 16.5. The molecule has 0 radical (unpaired) electrons. The molecular weight excluding hydrogens is 350 g/mol. The van der Waals surface area contributed by atoms with Gasteiger partial charge in [-0.25, -0.2) is 0 Å². The van der Waals surface area contributed by atoms with E-state index in [0.29, 0.717) is 24.5 Å². The van der Waals surface area contributed by atoms with Crippen LogP contribution in [0.4, 0.5) is 5.69 Å². The van der Waals surface area contributed by atoms with E-state index in [-0.39, 0.29) is 5.78 Å². The van der Waals surface area contributed by atoms with Crippen LogP contribution in [0.5, 0.6) is 11.5 Å². The predicted molar refractivity (Wildman–Crippen MR) is 116 cm³/mol. The summed E-state index contributed by atoms with van der Waals surface area (Å²) in [4.78, 5) is 12.5. The van der Waals surface area contributed by atoms with E-state index in [1.807, 2.05) is 12.1 Å². The van der Waals surface area contributed by atoms with Crippen molar-refractivity contribution in [3.8, 4) is 11.5 Å². The van der Waals surface area contributed by atoms with E-state index in [1.165, 1.54) is 0 Å². The normalized spacial score (nSPS) is 11.0. The Labute approximate surface area is 168 Å². The first-order chi connectivity index (χ1) is 13.6. The lowest BCUT2D eigenvalue weighted by Crippen LogP contribution is -2.03. The topological polar surface area (TPSA) is 61.5 Å². The van der Waals surface area contributed by atoms with Gasteiger partial charge in [-0.05, 0) is 67.3 Å². The van der Waals surface area contributed by atoms with Gasteiger partial charge in [0.2, 0.25) is 0 Å².